The van der Waals surface area contributed by atoms with Crippen molar-refractivity contribution in [3.63, 3.8) is 0 Å². The second kappa shape index (κ2) is 6.74. The monoisotopic (exact) mass is 339 g/mol. The van der Waals surface area contributed by atoms with Gasteiger partial charge >= 0.3 is 0 Å². The summed E-state index contributed by atoms with van der Waals surface area (Å²) in [5.74, 6) is -0.531. The first-order valence-corrected chi connectivity index (χ1v) is 7.42. The van der Waals surface area contributed by atoms with Crippen molar-refractivity contribution in [2.24, 2.45) is 11.7 Å². The van der Waals surface area contributed by atoms with Crippen molar-refractivity contribution < 1.29 is 9.59 Å². The van der Waals surface area contributed by atoms with Crippen LogP contribution in [0, 0.1) is 5.92 Å². The number of rotatable bonds is 4. The van der Waals surface area contributed by atoms with E-state index >= 15 is 0 Å². The molecule has 3 N–H and O–H groups in total. The number of primary amides is 1. The number of benzene rings is 1. The number of halogens is 1. The van der Waals surface area contributed by atoms with Crippen LogP contribution in [0.3, 0.4) is 0 Å². The van der Waals surface area contributed by atoms with Crippen molar-refractivity contribution >= 4 is 33.4 Å². The normalized spacial score (nSPS) is 18.6. The Balaban J connectivity index is 1.87. The van der Waals surface area contributed by atoms with Gasteiger partial charge < -0.3 is 16.0 Å². The molecule has 0 saturated carbocycles. The third-order valence-corrected chi connectivity index (χ3v) is 3.94. The molecule has 108 valence electrons. The zero-order valence-electron chi connectivity index (χ0n) is 11.1. The minimum Gasteiger partial charge on any atom is -0.376 e. The van der Waals surface area contributed by atoms with Crippen molar-refractivity contribution in [2.75, 3.05) is 25.0 Å². The molecular formula is C14H18BrN3O2. The van der Waals surface area contributed by atoms with Crippen molar-refractivity contribution in [1.29, 1.82) is 0 Å². The molecule has 1 aromatic carbocycles. The van der Waals surface area contributed by atoms with Gasteiger partial charge in [-0.25, -0.2) is 0 Å². The van der Waals surface area contributed by atoms with Crippen molar-refractivity contribution in [3.8, 4) is 0 Å². The van der Waals surface area contributed by atoms with Gasteiger partial charge in [0.25, 0.3) is 0 Å². The number of piperidine rings is 1. The van der Waals surface area contributed by atoms with Crippen LogP contribution in [0.25, 0.3) is 0 Å². The standard InChI is InChI=1S/C14H18BrN3O2/c15-11-4-1-5-12(7-11)17-8-13(19)18-6-2-3-10(9-18)14(16)20/h1,4-5,7,10,17H,2-3,6,8-9H2,(H2,16,20). The summed E-state index contributed by atoms with van der Waals surface area (Å²) in [7, 11) is 0. The molecule has 1 unspecified atom stereocenters. The fourth-order valence-electron chi connectivity index (χ4n) is 2.32. The molecule has 2 amide bonds. The number of anilines is 1. The van der Waals surface area contributed by atoms with Gasteiger partial charge in [0.05, 0.1) is 12.5 Å². The van der Waals surface area contributed by atoms with E-state index in [1.54, 1.807) is 4.90 Å². The van der Waals surface area contributed by atoms with Gasteiger partial charge in [0.1, 0.15) is 0 Å². The number of nitrogens with two attached hydrogens (primary N) is 1. The molecule has 1 aliphatic rings. The molecule has 0 radical (unpaired) electrons. The van der Waals surface area contributed by atoms with Crippen LogP contribution in [0.4, 0.5) is 5.69 Å². The molecule has 0 aliphatic carbocycles. The van der Waals surface area contributed by atoms with Crippen LogP contribution in [0.15, 0.2) is 28.7 Å². The van der Waals surface area contributed by atoms with Crippen LogP contribution < -0.4 is 11.1 Å². The predicted octanol–water partition coefficient (Wildman–Crippen LogP) is 1.58. The van der Waals surface area contributed by atoms with Crippen molar-refractivity contribution in [2.45, 2.75) is 12.8 Å². The van der Waals surface area contributed by atoms with Gasteiger partial charge in [-0.15, -0.1) is 0 Å². The zero-order valence-corrected chi connectivity index (χ0v) is 12.7. The molecular weight excluding hydrogens is 322 g/mol. The first-order chi connectivity index (χ1) is 9.56. The van der Waals surface area contributed by atoms with Gasteiger partial charge in [-0.2, -0.15) is 0 Å². The Hall–Kier alpha value is -1.56. The van der Waals surface area contributed by atoms with E-state index in [0.717, 1.165) is 23.0 Å². The number of nitrogens with zero attached hydrogens (tertiary/aromatic N) is 1. The lowest BCUT2D eigenvalue weighted by Gasteiger charge is -2.31. The Kier molecular flexibility index (Phi) is 5.00. The Morgan fingerprint density at radius 3 is 2.95 bits per heavy atom. The zero-order chi connectivity index (χ0) is 14.5. The van der Waals surface area contributed by atoms with E-state index in [9.17, 15) is 9.59 Å². The molecule has 1 heterocycles. The van der Waals surface area contributed by atoms with E-state index in [1.165, 1.54) is 0 Å². The molecule has 1 fully saturated rings. The van der Waals surface area contributed by atoms with Crippen LogP contribution >= 0.6 is 15.9 Å². The number of amides is 2. The number of carbonyl (C=O) groups is 2. The van der Waals surface area contributed by atoms with E-state index in [-0.39, 0.29) is 24.3 Å². The van der Waals surface area contributed by atoms with Crippen LogP contribution in [-0.2, 0) is 9.59 Å². The molecule has 20 heavy (non-hydrogen) atoms. The van der Waals surface area contributed by atoms with Crippen molar-refractivity contribution in [1.82, 2.24) is 4.90 Å². The smallest absolute Gasteiger partial charge is 0.241 e. The average Bonchev–Trinajstić information content (AvgIpc) is 2.45. The molecule has 1 aromatic rings. The second-order valence-electron chi connectivity index (χ2n) is 4.95. The maximum Gasteiger partial charge on any atom is 0.241 e. The topological polar surface area (TPSA) is 75.4 Å². The van der Waals surface area contributed by atoms with Gasteiger partial charge in [-0.3, -0.25) is 9.59 Å². The molecule has 6 heteroatoms. The Morgan fingerprint density at radius 1 is 1.45 bits per heavy atom. The lowest BCUT2D eigenvalue weighted by molar-refractivity contribution is -0.133. The molecule has 1 atom stereocenters. The number of nitrogens with one attached hydrogen (secondary N) is 1. The summed E-state index contributed by atoms with van der Waals surface area (Å²) in [6, 6.07) is 7.64. The Labute approximate surface area is 126 Å². The molecule has 1 aliphatic heterocycles. The Bertz CT molecular complexity index is 507. The second-order valence-corrected chi connectivity index (χ2v) is 5.86. The number of likely N-dealkylation sites (tertiary alicyclic amines) is 1. The third-order valence-electron chi connectivity index (χ3n) is 3.44. The molecule has 2 rings (SSSR count). The maximum atomic E-state index is 12.1. The van der Waals surface area contributed by atoms with E-state index in [4.69, 9.17) is 5.73 Å². The minimum absolute atomic E-state index is 0.00377. The van der Waals surface area contributed by atoms with Gasteiger partial charge in [-0.1, -0.05) is 22.0 Å². The summed E-state index contributed by atoms with van der Waals surface area (Å²) >= 11 is 3.38. The van der Waals surface area contributed by atoms with Crippen molar-refractivity contribution in [3.05, 3.63) is 28.7 Å². The SMILES string of the molecule is NC(=O)C1CCCN(C(=O)CNc2cccc(Br)c2)C1. The lowest BCUT2D eigenvalue weighted by Crippen LogP contribution is -2.45. The predicted molar refractivity (Wildman–Crippen MR) is 81.1 cm³/mol. The highest BCUT2D eigenvalue weighted by molar-refractivity contribution is 9.10. The van der Waals surface area contributed by atoms with E-state index in [1.807, 2.05) is 24.3 Å². The van der Waals surface area contributed by atoms with Gasteiger partial charge in [-0.05, 0) is 31.0 Å². The largest absolute Gasteiger partial charge is 0.376 e. The Morgan fingerprint density at radius 2 is 2.25 bits per heavy atom. The first kappa shape index (κ1) is 14.8. The maximum absolute atomic E-state index is 12.1. The lowest BCUT2D eigenvalue weighted by atomic mass is 9.97. The van der Waals surface area contributed by atoms with Crippen LogP contribution in [0.5, 0.6) is 0 Å². The molecule has 0 aromatic heterocycles. The number of carbonyl (C=O) groups excluding carboxylic acids is 2. The summed E-state index contributed by atoms with van der Waals surface area (Å²) in [6.45, 7) is 1.36. The van der Waals surface area contributed by atoms with Gasteiger partial charge in [0, 0.05) is 23.2 Å². The highest BCUT2D eigenvalue weighted by Crippen LogP contribution is 2.17. The molecule has 5 nitrogen and oxygen atoms in total. The summed E-state index contributed by atoms with van der Waals surface area (Å²) in [4.78, 5) is 25.0. The highest BCUT2D eigenvalue weighted by atomic mass is 79.9. The van der Waals surface area contributed by atoms with E-state index < -0.39 is 0 Å². The first-order valence-electron chi connectivity index (χ1n) is 6.63. The molecule has 0 spiro atoms. The highest BCUT2D eigenvalue weighted by Gasteiger charge is 2.26. The van der Waals surface area contributed by atoms with E-state index in [0.29, 0.717) is 13.1 Å². The minimum atomic E-state index is -0.317. The summed E-state index contributed by atoms with van der Waals surface area (Å²) < 4.78 is 0.960. The average molecular weight is 340 g/mol. The number of hydrogen-bond donors (Lipinski definition) is 2. The van der Waals surface area contributed by atoms with E-state index in [2.05, 4.69) is 21.2 Å². The molecule has 0 bridgehead atoms. The van der Waals surface area contributed by atoms with Crippen LogP contribution in [-0.4, -0.2) is 36.3 Å². The fourth-order valence-corrected chi connectivity index (χ4v) is 2.72. The van der Waals surface area contributed by atoms with Gasteiger partial charge in [0.2, 0.25) is 11.8 Å². The summed E-state index contributed by atoms with van der Waals surface area (Å²) in [5.41, 5.74) is 6.20. The summed E-state index contributed by atoms with van der Waals surface area (Å²) in [5, 5.41) is 3.09. The number of hydrogen-bond acceptors (Lipinski definition) is 3. The van der Waals surface area contributed by atoms with Crippen LogP contribution in [0.2, 0.25) is 0 Å². The fraction of sp³-hybridized carbons (Fsp3) is 0.429. The molecule has 1 saturated heterocycles. The summed E-state index contributed by atoms with van der Waals surface area (Å²) in [6.07, 6.45) is 1.61. The van der Waals surface area contributed by atoms with Crippen LogP contribution in [0.1, 0.15) is 12.8 Å². The third kappa shape index (κ3) is 3.96. The quantitative estimate of drug-likeness (QED) is 0.874. The van der Waals surface area contributed by atoms with Gasteiger partial charge in [0.15, 0.2) is 0 Å².